The first kappa shape index (κ1) is 8.12. The molecule has 2 heterocycles. The lowest BCUT2D eigenvalue weighted by Gasteiger charge is -2.16. The van der Waals surface area contributed by atoms with E-state index in [1.165, 1.54) is 6.33 Å². The largest absolute Gasteiger partial charge is 0.477 e. The number of fused-ring (bicyclic) bond motifs is 1. The van der Waals surface area contributed by atoms with Crippen LogP contribution >= 0.6 is 0 Å². The number of rotatable bonds is 1. The lowest BCUT2D eigenvalue weighted by molar-refractivity contribution is 0.0688. The van der Waals surface area contributed by atoms with Gasteiger partial charge in [0.2, 0.25) is 0 Å². The summed E-state index contributed by atoms with van der Waals surface area (Å²) < 4.78 is 0. The smallest absolute Gasteiger partial charge is 0.354 e. The highest BCUT2D eigenvalue weighted by Gasteiger charge is 2.18. The van der Waals surface area contributed by atoms with E-state index in [1.807, 2.05) is 0 Å². The summed E-state index contributed by atoms with van der Waals surface area (Å²) in [4.78, 5) is 18.5. The van der Waals surface area contributed by atoms with Gasteiger partial charge >= 0.3 is 5.97 Å². The van der Waals surface area contributed by atoms with Crippen molar-refractivity contribution in [2.45, 2.75) is 13.0 Å². The van der Waals surface area contributed by atoms with E-state index >= 15 is 0 Å². The Bertz CT molecular complexity index is 351. The highest BCUT2D eigenvalue weighted by Crippen LogP contribution is 2.13. The molecule has 0 aliphatic carbocycles. The van der Waals surface area contributed by atoms with Gasteiger partial charge < -0.3 is 10.4 Å². The van der Waals surface area contributed by atoms with Crippen molar-refractivity contribution in [2.75, 3.05) is 6.54 Å². The number of aromatic nitrogens is 2. The molecule has 5 nitrogen and oxygen atoms in total. The molecule has 0 bridgehead atoms. The van der Waals surface area contributed by atoms with Gasteiger partial charge in [-0.25, -0.2) is 14.8 Å². The molecule has 2 rings (SSSR count). The number of nitrogens with one attached hydrogen (secondary N) is 1. The molecule has 0 spiro atoms. The first-order valence-electron chi connectivity index (χ1n) is 4.06. The van der Waals surface area contributed by atoms with Crippen LogP contribution < -0.4 is 5.32 Å². The van der Waals surface area contributed by atoms with Crippen molar-refractivity contribution < 1.29 is 9.90 Å². The Labute approximate surface area is 74.8 Å². The molecule has 5 heteroatoms. The molecule has 0 unspecified atom stereocenters. The van der Waals surface area contributed by atoms with E-state index in [-0.39, 0.29) is 5.69 Å². The fourth-order valence-electron chi connectivity index (χ4n) is 1.47. The van der Waals surface area contributed by atoms with Gasteiger partial charge in [0.05, 0.1) is 5.69 Å². The molecule has 0 atom stereocenters. The van der Waals surface area contributed by atoms with E-state index in [1.54, 1.807) is 0 Å². The van der Waals surface area contributed by atoms with Gasteiger partial charge in [0.1, 0.15) is 6.33 Å². The van der Waals surface area contributed by atoms with Crippen molar-refractivity contribution in [3.05, 3.63) is 23.3 Å². The summed E-state index contributed by atoms with van der Waals surface area (Å²) in [6.07, 6.45) is 1.99. The highest BCUT2D eigenvalue weighted by molar-refractivity contribution is 5.87. The Hall–Kier alpha value is -1.49. The molecule has 13 heavy (non-hydrogen) atoms. The number of aromatic carboxylic acids is 1. The Balaban J connectivity index is 2.52. The van der Waals surface area contributed by atoms with Crippen LogP contribution in [0.1, 0.15) is 21.7 Å². The number of carboxylic acid groups (broad SMARTS) is 1. The Morgan fingerprint density at radius 1 is 1.54 bits per heavy atom. The molecular formula is C8H9N3O2. The van der Waals surface area contributed by atoms with Gasteiger partial charge in [-0.1, -0.05) is 0 Å². The number of nitrogens with zero attached hydrogens (tertiary/aromatic N) is 2. The summed E-state index contributed by atoms with van der Waals surface area (Å²) in [7, 11) is 0. The van der Waals surface area contributed by atoms with Crippen molar-refractivity contribution in [1.82, 2.24) is 15.3 Å². The standard InChI is InChI=1S/C8H9N3O2/c12-8(13)7-5-1-2-9-3-6(5)10-4-11-7/h4,9H,1-3H2,(H,12,13). The zero-order chi connectivity index (χ0) is 9.26. The maximum atomic E-state index is 10.8. The molecule has 1 aromatic rings. The van der Waals surface area contributed by atoms with Crippen LogP contribution in [0.2, 0.25) is 0 Å². The van der Waals surface area contributed by atoms with Crippen molar-refractivity contribution in [3.63, 3.8) is 0 Å². The van der Waals surface area contributed by atoms with E-state index in [0.29, 0.717) is 13.0 Å². The predicted molar refractivity (Wildman–Crippen MR) is 44.4 cm³/mol. The molecule has 1 aliphatic rings. The average molecular weight is 179 g/mol. The van der Waals surface area contributed by atoms with Crippen LogP contribution in [0.15, 0.2) is 6.33 Å². The summed E-state index contributed by atoms with van der Waals surface area (Å²) in [5.41, 5.74) is 1.72. The number of hydrogen-bond donors (Lipinski definition) is 2. The first-order valence-corrected chi connectivity index (χ1v) is 4.06. The minimum absolute atomic E-state index is 0.145. The topological polar surface area (TPSA) is 75.1 Å². The Kier molecular flexibility index (Phi) is 1.94. The molecule has 0 amide bonds. The third kappa shape index (κ3) is 1.38. The van der Waals surface area contributed by atoms with Crippen molar-refractivity contribution in [1.29, 1.82) is 0 Å². The molecular weight excluding hydrogens is 170 g/mol. The van der Waals surface area contributed by atoms with Gasteiger partial charge in [0.15, 0.2) is 5.69 Å². The summed E-state index contributed by atoms with van der Waals surface area (Å²) in [5, 5.41) is 12.0. The second-order valence-electron chi connectivity index (χ2n) is 2.88. The Morgan fingerprint density at radius 2 is 2.38 bits per heavy atom. The minimum Gasteiger partial charge on any atom is -0.477 e. The summed E-state index contributed by atoms with van der Waals surface area (Å²) >= 11 is 0. The third-order valence-corrected chi connectivity index (χ3v) is 2.08. The van der Waals surface area contributed by atoms with Crippen LogP contribution in [0.5, 0.6) is 0 Å². The highest BCUT2D eigenvalue weighted by atomic mass is 16.4. The lowest BCUT2D eigenvalue weighted by Crippen LogP contribution is -2.27. The van der Waals surface area contributed by atoms with E-state index in [0.717, 1.165) is 17.8 Å². The number of hydrogen-bond acceptors (Lipinski definition) is 4. The molecule has 0 radical (unpaired) electrons. The monoisotopic (exact) mass is 179 g/mol. The first-order chi connectivity index (χ1) is 6.29. The molecule has 2 N–H and O–H groups in total. The molecule has 68 valence electrons. The van der Waals surface area contributed by atoms with Crippen LogP contribution in [-0.4, -0.2) is 27.6 Å². The van der Waals surface area contributed by atoms with Gasteiger partial charge in [-0.15, -0.1) is 0 Å². The van der Waals surface area contributed by atoms with Gasteiger partial charge in [0, 0.05) is 12.1 Å². The molecule has 0 saturated carbocycles. The van der Waals surface area contributed by atoms with Crippen LogP contribution in [0.3, 0.4) is 0 Å². The minimum atomic E-state index is -0.972. The van der Waals surface area contributed by atoms with E-state index in [4.69, 9.17) is 5.11 Å². The molecule has 0 aromatic carbocycles. The van der Waals surface area contributed by atoms with Crippen LogP contribution in [0, 0.1) is 0 Å². The second kappa shape index (κ2) is 3.10. The number of carbonyl (C=O) groups is 1. The fraction of sp³-hybridized carbons (Fsp3) is 0.375. The van der Waals surface area contributed by atoms with Crippen molar-refractivity contribution >= 4 is 5.97 Å². The maximum Gasteiger partial charge on any atom is 0.354 e. The van der Waals surface area contributed by atoms with Crippen molar-refractivity contribution in [2.24, 2.45) is 0 Å². The zero-order valence-electron chi connectivity index (χ0n) is 6.95. The average Bonchev–Trinajstić information content (AvgIpc) is 2.17. The molecule has 1 aliphatic heterocycles. The van der Waals surface area contributed by atoms with Crippen LogP contribution in [-0.2, 0) is 13.0 Å². The summed E-state index contributed by atoms with van der Waals surface area (Å²) in [6, 6.07) is 0. The van der Waals surface area contributed by atoms with E-state index < -0.39 is 5.97 Å². The normalized spacial score (nSPS) is 15.1. The van der Waals surface area contributed by atoms with Crippen molar-refractivity contribution in [3.8, 4) is 0 Å². The zero-order valence-corrected chi connectivity index (χ0v) is 6.95. The van der Waals surface area contributed by atoms with E-state index in [9.17, 15) is 4.79 Å². The fourth-order valence-corrected chi connectivity index (χ4v) is 1.47. The van der Waals surface area contributed by atoms with Gasteiger partial charge in [-0.05, 0) is 13.0 Å². The molecule has 0 saturated heterocycles. The summed E-state index contributed by atoms with van der Waals surface area (Å²) in [5.74, 6) is -0.972. The van der Waals surface area contributed by atoms with Gasteiger partial charge in [-0.2, -0.15) is 0 Å². The SMILES string of the molecule is O=C(O)c1ncnc2c1CCNC2. The van der Waals surface area contributed by atoms with Gasteiger partial charge in [0.25, 0.3) is 0 Å². The second-order valence-corrected chi connectivity index (χ2v) is 2.88. The molecule has 1 aromatic heterocycles. The number of carboxylic acids is 1. The van der Waals surface area contributed by atoms with E-state index in [2.05, 4.69) is 15.3 Å². The lowest BCUT2D eigenvalue weighted by atomic mass is 10.0. The van der Waals surface area contributed by atoms with Crippen LogP contribution in [0.25, 0.3) is 0 Å². The molecule has 0 fully saturated rings. The summed E-state index contributed by atoms with van der Waals surface area (Å²) in [6.45, 7) is 1.43. The Morgan fingerprint density at radius 3 is 3.15 bits per heavy atom. The van der Waals surface area contributed by atoms with Crippen LogP contribution in [0.4, 0.5) is 0 Å². The third-order valence-electron chi connectivity index (χ3n) is 2.08. The maximum absolute atomic E-state index is 10.8. The quantitative estimate of drug-likeness (QED) is 0.625. The predicted octanol–water partition coefficient (Wildman–Crippen LogP) is -0.180. The van der Waals surface area contributed by atoms with Gasteiger partial charge in [-0.3, -0.25) is 0 Å².